The number of ketones is 1. The van der Waals surface area contributed by atoms with Crippen molar-refractivity contribution in [3.05, 3.63) is 55.4 Å². The van der Waals surface area contributed by atoms with E-state index in [1.165, 1.54) is 0 Å². The van der Waals surface area contributed by atoms with E-state index in [4.69, 9.17) is 5.26 Å². The number of hydrogen-bond acceptors (Lipinski definition) is 4. The van der Waals surface area contributed by atoms with Crippen molar-refractivity contribution < 1.29 is 4.79 Å². The lowest BCUT2D eigenvalue weighted by molar-refractivity contribution is 0.0937. The highest BCUT2D eigenvalue weighted by Crippen LogP contribution is 2.40. The second kappa shape index (κ2) is 5.26. The smallest absolute Gasteiger partial charge is 0.304 e. The molecule has 0 saturated heterocycles. The molecule has 1 heterocycles. The molecular formula is C16H15N3O3. The van der Waals surface area contributed by atoms with Crippen LogP contribution in [0.1, 0.15) is 48.2 Å². The minimum atomic E-state index is -0.676. The van der Waals surface area contributed by atoms with Crippen LogP contribution < -0.4 is 11.2 Å². The Morgan fingerprint density at radius 2 is 2.05 bits per heavy atom. The van der Waals surface area contributed by atoms with Crippen molar-refractivity contribution >= 4 is 5.78 Å². The van der Waals surface area contributed by atoms with Gasteiger partial charge in [0.1, 0.15) is 0 Å². The molecule has 0 aliphatic heterocycles. The molecule has 3 rings (SSSR count). The van der Waals surface area contributed by atoms with Gasteiger partial charge in [0.2, 0.25) is 0 Å². The normalized spacial score (nSPS) is 20.8. The van der Waals surface area contributed by atoms with Crippen molar-refractivity contribution in [3.8, 4) is 6.07 Å². The molecule has 1 fully saturated rings. The third-order valence-corrected chi connectivity index (χ3v) is 4.00. The number of aromatic nitrogens is 2. The molecule has 1 aromatic rings. The van der Waals surface area contributed by atoms with E-state index in [0.29, 0.717) is 17.6 Å². The quantitative estimate of drug-likeness (QED) is 0.825. The molecule has 0 aromatic carbocycles. The lowest BCUT2D eigenvalue weighted by Gasteiger charge is -2.17. The lowest BCUT2D eigenvalue weighted by Crippen LogP contribution is -2.31. The predicted octanol–water partition coefficient (Wildman–Crippen LogP) is 1.54. The van der Waals surface area contributed by atoms with Crippen LogP contribution in [0, 0.1) is 17.2 Å². The fourth-order valence-corrected chi connectivity index (χ4v) is 2.88. The predicted molar refractivity (Wildman–Crippen MR) is 79.5 cm³/mol. The summed E-state index contributed by atoms with van der Waals surface area (Å²) in [5.74, 6) is -0.779. The van der Waals surface area contributed by atoms with Crippen molar-refractivity contribution in [1.29, 1.82) is 5.26 Å². The van der Waals surface area contributed by atoms with E-state index in [0.717, 1.165) is 18.4 Å². The summed E-state index contributed by atoms with van der Waals surface area (Å²) in [6, 6.07) is 2.07. The summed E-state index contributed by atoms with van der Waals surface area (Å²) in [7, 11) is 0. The number of nitrogens with zero attached hydrogens (tertiary/aromatic N) is 1. The molecule has 22 heavy (non-hydrogen) atoms. The molecule has 0 bridgehead atoms. The lowest BCUT2D eigenvalue weighted by atomic mass is 9.86. The summed E-state index contributed by atoms with van der Waals surface area (Å²) < 4.78 is 0. The number of nitrogens with one attached hydrogen (secondary N) is 2. The molecule has 2 aliphatic rings. The van der Waals surface area contributed by atoms with Crippen molar-refractivity contribution in [2.45, 2.75) is 32.1 Å². The van der Waals surface area contributed by atoms with Gasteiger partial charge in [0.25, 0.3) is 5.56 Å². The van der Waals surface area contributed by atoms with E-state index in [1.807, 2.05) is 6.92 Å². The van der Waals surface area contributed by atoms with Crippen LogP contribution in [-0.2, 0) is 0 Å². The van der Waals surface area contributed by atoms with Crippen LogP contribution in [0.5, 0.6) is 0 Å². The summed E-state index contributed by atoms with van der Waals surface area (Å²) >= 11 is 0. The second-order valence-corrected chi connectivity index (χ2v) is 5.84. The molecule has 0 spiro atoms. The highest BCUT2D eigenvalue weighted by molar-refractivity contribution is 5.99. The first-order valence-corrected chi connectivity index (χ1v) is 7.19. The summed E-state index contributed by atoms with van der Waals surface area (Å²) in [6.07, 6.45) is 5.51. The van der Waals surface area contributed by atoms with Crippen molar-refractivity contribution in [2.24, 2.45) is 5.92 Å². The van der Waals surface area contributed by atoms with Gasteiger partial charge in [-0.1, -0.05) is 11.6 Å². The van der Waals surface area contributed by atoms with E-state index < -0.39 is 17.2 Å². The van der Waals surface area contributed by atoms with Crippen molar-refractivity contribution in [2.75, 3.05) is 0 Å². The Labute approximate surface area is 126 Å². The van der Waals surface area contributed by atoms with Crippen molar-refractivity contribution in [3.63, 3.8) is 0 Å². The Morgan fingerprint density at radius 3 is 2.68 bits per heavy atom. The number of nitriles is 1. The average Bonchev–Trinajstić information content (AvgIpc) is 3.29. The molecule has 1 aromatic heterocycles. The monoisotopic (exact) mass is 297 g/mol. The summed E-state index contributed by atoms with van der Waals surface area (Å²) in [4.78, 5) is 41.0. The standard InChI is InChI=1S/C16H15N3O3/c1-8-4-9(7-17)6-11(5-8)14(20)13-12(10-2-3-10)15(21)19-16(22)18-13/h4-5,10-11H,2-3,6H2,1H3,(H2,18,19,21,22). The zero-order valence-corrected chi connectivity index (χ0v) is 12.1. The van der Waals surface area contributed by atoms with Gasteiger partial charge >= 0.3 is 5.69 Å². The van der Waals surface area contributed by atoms with Gasteiger partial charge in [0, 0.05) is 17.1 Å². The second-order valence-electron chi connectivity index (χ2n) is 5.84. The van der Waals surface area contributed by atoms with E-state index in [2.05, 4.69) is 16.0 Å². The number of aromatic amines is 2. The van der Waals surface area contributed by atoms with E-state index >= 15 is 0 Å². The van der Waals surface area contributed by atoms with Gasteiger partial charge in [0.15, 0.2) is 5.78 Å². The van der Waals surface area contributed by atoms with E-state index in [1.54, 1.807) is 12.2 Å². The summed E-state index contributed by atoms with van der Waals surface area (Å²) in [5, 5.41) is 9.05. The van der Waals surface area contributed by atoms with Crippen LogP contribution in [0.4, 0.5) is 0 Å². The fourth-order valence-electron chi connectivity index (χ4n) is 2.88. The molecular weight excluding hydrogens is 282 g/mol. The van der Waals surface area contributed by atoms with Gasteiger partial charge in [0.05, 0.1) is 11.8 Å². The third kappa shape index (κ3) is 2.58. The average molecular weight is 297 g/mol. The SMILES string of the molecule is CC1=CC(C(=O)c2[nH]c(=O)[nH]c(=O)c2C2CC2)CC(C#N)=C1. The largest absolute Gasteiger partial charge is 0.326 e. The zero-order valence-electron chi connectivity index (χ0n) is 12.1. The number of H-pyrrole nitrogens is 2. The maximum absolute atomic E-state index is 12.8. The molecule has 0 radical (unpaired) electrons. The Balaban J connectivity index is 2.04. The Morgan fingerprint density at radius 1 is 1.32 bits per heavy atom. The van der Waals surface area contributed by atoms with Gasteiger partial charge < -0.3 is 4.98 Å². The minimum absolute atomic E-state index is 0.0409. The van der Waals surface area contributed by atoms with Crippen LogP contribution in [0.2, 0.25) is 0 Å². The summed E-state index contributed by atoms with van der Waals surface area (Å²) in [5.41, 5.74) is 0.681. The van der Waals surface area contributed by atoms with Crippen LogP contribution in [0.3, 0.4) is 0 Å². The Kier molecular flexibility index (Phi) is 3.41. The van der Waals surface area contributed by atoms with Gasteiger partial charge in [-0.05, 0) is 38.2 Å². The fraction of sp³-hybridized carbons (Fsp3) is 0.375. The van der Waals surface area contributed by atoms with Crippen LogP contribution in [0.15, 0.2) is 32.9 Å². The van der Waals surface area contributed by atoms with Gasteiger partial charge in [-0.25, -0.2) is 4.79 Å². The molecule has 1 atom stereocenters. The highest BCUT2D eigenvalue weighted by atomic mass is 16.2. The van der Waals surface area contributed by atoms with Crippen molar-refractivity contribution in [1.82, 2.24) is 9.97 Å². The van der Waals surface area contributed by atoms with Crippen LogP contribution in [-0.4, -0.2) is 15.8 Å². The van der Waals surface area contributed by atoms with E-state index in [9.17, 15) is 14.4 Å². The zero-order chi connectivity index (χ0) is 15.9. The van der Waals surface area contributed by atoms with Gasteiger partial charge in [-0.3, -0.25) is 14.6 Å². The first kappa shape index (κ1) is 14.3. The molecule has 112 valence electrons. The topological polar surface area (TPSA) is 107 Å². The maximum atomic E-state index is 12.8. The minimum Gasteiger partial charge on any atom is -0.304 e. The number of carbonyl (C=O) groups excluding carboxylic acids is 1. The first-order valence-electron chi connectivity index (χ1n) is 7.19. The molecule has 6 heteroatoms. The molecule has 0 amide bonds. The van der Waals surface area contributed by atoms with Gasteiger partial charge in [-0.2, -0.15) is 5.26 Å². The Hall–Kier alpha value is -2.68. The molecule has 2 aliphatic carbocycles. The molecule has 1 saturated carbocycles. The van der Waals surface area contributed by atoms with Crippen LogP contribution >= 0.6 is 0 Å². The number of allylic oxidation sites excluding steroid dienone is 4. The molecule has 2 N–H and O–H groups in total. The number of hydrogen-bond donors (Lipinski definition) is 2. The Bertz CT molecular complexity index is 860. The third-order valence-electron chi connectivity index (χ3n) is 4.00. The molecule has 6 nitrogen and oxygen atoms in total. The van der Waals surface area contributed by atoms with Crippen LogP contribution in [0.25, 0.3) is 0 Å². The van der Waals surface area contributed by atoms with E-state index in [-0.39, 0.29) is 17.4 Å². The number of carbonyl (C=O) groups is 1. The molecule has 1 unspecified atom stereocenters. The maximum Gasteiger partial charge on any atom is 0.326 e. The number of Topliss-reactive ketones (excluding diaryl/α,β-unsaturated/α-hetero) is 1. The summed E-state index contributed by atoms with van der Waals surface area (Å²) in [6.45, 7) is 1.82. The first-order chi connectivity index (χ1) is 10.5. The highest BCUT2D eigenvalue weighted by Gasteiger charge is 2.34. The van der Waals surface area contributed by atoms with Gasteiger partial charge in [-0.15, -0.1) is 0 Å². The number of rotatable bonds is 3.